The monoisotopic (exact) mass is 464 g/mol. The van der Waals surface area contributed by atoms with Gasteiger partial charge in [0.15, 0.2) is 5.75 Å². The first-order valence-corrected chi connectivity index (χ1v) is 9.76. The number of urea groups is 1. The van der Waals surface area contributed by atoms with E-state index in [1.165, 1.54) is 30.4 Å². The Hall–Kier alpha value is -2.80. The van der Waals surface area contributed by atoms with E-state index in [1.807, 2.05) is 0 Å². The molecule has 2 aromatic rings. The van der Waals surface area contributed by atoms with Gasteiger partial charge in [-0.3, -0.25) is 14.9 Å². The quantitative estimate of drug-likeness (QED) is 0.375. The van der Waals surface area contributed by atoms with Gasteiger partial charge in [-0.25, -0.2) is 9.69 Å². The number of carbonyl (C=O) groups excluding carboxylic acids is 3. The summed E-state index contributed by atoms with van der Waals surface area (Å²) < 4.78 is 5.40. The lowest BCUT2D eigenvalue weighted by atomic mass is 10.1. The summed E-state index contributed by atoms with van der Waals surface area (Å²) in [5.74, 6) is -1.38. The van der Waals surface area contributed by atoms with E-state index < -0.39 is 17.8 Å². The lowest BCUT2D eigenvalue weighted by Gasteiger charge is -2.27. The number of carbonyl (C=O) groups is 3. The zero-order valence-corrected chi connectivity index (χ0v) is 17.9. The van der Waals surface area contributed by atoms with Gasteiger partial charge < -0.3 is 4.74 Å². The number of hydrogen-bond acceptors (Lipinski definition) is 4. The van der Waals surface area contributed by atoms with Crippen LogP contribution >= 0.6 is 34.8 Å². The van der Waals surface area contributed by atoms with E-state index in [-0.39, 0.29) is 33.7 Å². The highest BCUT2D eigenvalue weighted by atomic mass is 35.5. The first-order chi connectivity index (χ1) is 14.2. The number of imide groups is 2. The standard InChI is InChI=1S/C21H15Cl3N2O4/c1-3-6-30-18-15(23)8-12(9-16(18)24)7-14-19(27)25-21(29)26(20(14)28)17-10-13(22)5-4-11(17)2/h3-5,7-10H,1,6H2,2H3,(H,25,27,29)/b14-7+. The molecule has 1 aliphatic heterocycles. The number of barbiturate groups is 1. The Labute approximate surface area is 187 Å². The van der Waals surface area contributed by atoms with E-state index in [9.17, 15) is 14.4 Å². The number of nitrogens with zero attached hydrogens (tertiary/aromatic N) is 1. The minimum atomic E-state index is -0.864. The summed E-state index contributed by atoms with van der Waals surface area (Å²) >= 11 is 18.4. The van der Waals surface area contributed by atoms with Gasteiger partial charge in [0.2, 0.25) is 0 Å². The van der Waals surface area contributed by atoms with E-state index >= 15 is 0 Å². The number of nitrogens with one attached hydrogen (secondary N) is 1. The molecule has 0 unspecified atom stereocenters. The summed E-state index contributed by atoms with van der Waals surface area (Å²) in [6, 6.07) is 6.89. The molecule has 154 valence electrons. The van der Waals surface area contributed by atoms with Crippen LogP contribution in [-0.2, 0) is 9.59 Å². The third kappa shape index (κ3) is 4.36. The van der Waals surface area contributed by atoms with Crippen LogP contribution in [0.1, 0.15) is 11.1 Å². The van der Waals surface area contributed by atoms with E-state index in [1.54, 1.807) is 19.1 Å². The summed E-state index contributed by atoms with van der Waals surface area (Å²) in [6.07, 6.45) is 2.84. The fourth-order valence-electron chi connectivity index (χ4n) is 2.81. The lowest BCUT2D eigenvalue weighted by molar-refractivity contribution is -0.122. The number of halogens is 3. The zero-order chi connectivity index (χ0) is 22.0. The van der Waals surface area contributed by atoms with Crippen molar-refractivity contribution in [2.75, 3.05) is 11.5 Å². The van der Waals surface area contributed by atoms with E-state index in [0.29, 0.717) is 16.1 Å². The van der Waals surface area contributed by atoms with Gasteiger partial charge in [0.05, 0.1) is 15.7 Å². The Balaban J connectivity index is 2.03. The van der Waals surface area contributed by atoms with Crippen molar-refractivity contribution in [1.82, 2.24) is 5.32 Å². The average molecular weight is 466 g/mol. The topological polar surface area (TPSA) is 75.7 Å². The minimum Gasteiger partial charge on any atom is -0.486 e. The molecule has 9 heteroatoms. The third-order valence-electron chi connectivity index (χ3n) is 4.19. The Morgan fingerprint density at radius 2 is 1.77 bits per heavy atom. The van der Waals surface area contributed by atoms with Crippen LogP contribution < -0.4 is 15.0 Å². The van der Waals surface area contributed by atoms with E-state index in [2.05, 4.69) is 11.9 Å². The molecule has 2 aromatic carbocycles. The van der Waals surface area contributed by atoms with Crippen molar-refractivity contribution in [2.24, 2.45) is 0 Å². The van der Waals surface area contributed by atoms with Crippen LogP contribution in [0, 0.1) is 6.92 Å². The van der Waals surface area contributed by atoms with Crippen molar-refractivity contribution in [3.63, 3.8) is 0 Å². The van der Waals surface area contributed by atoms with Crippen molar-refractivity contribution in [3.05, 3.63) is 74.8 Å². The fourth-order valence-corrected chi connectivity index (χ4v) is 3.59. The Morgan fingerprint density at radius 3 is 2.40 bits per heavy atom. The Bertz CT molecular complexity index is 1090. The second-order valence-electron chi connectivity index (χ2n) is 6.30. The number of amides is 4. The zero-order valence-electron chi connectivity index (χ0n) is 15.7. The van der Waals surface area contributed by atoms with Gasteiger partial charge in [-0.2, -0.15) is 0 Å². The van der Waals surface area contributed by atoms with Crippen molar-refractivity contribution < 1.29 is 19.1 Å². The molecule has 0 bridgehead atoms. The Morgan fingerprint density at radius 1 is 1.10 bits per heavy atom. The minimum absolute atomic E-state index is 0.193. The number of ether oxygens (including phenoxy) is 1. The smallest absolute Gasteiger partial charge is 0.335 e. The highest BCUT2D eigenvalue weighted by Gasteiger charge is 2.37. The first kappa shape index (κ1) is 21.9. The molecule has 0 saturated carbocycles. The number of hydrogen-bond donors (Lipinski definition) is 1. The van der Waals surface area contributed by atoms with Gasteiger partial charge in [0.1, 0.15) is 12.2 Å². The van der Waals surface area contributed by atoms with Crippen molar-refractivity contribution in [3.8, 4) is 5.75 Å². The van der Waals surface area contributed by atoms with Gasteiger partial charge in [-0.1, -0.05) is 53.5 Å². The van der Waals surface area contributed by atoms with E-state index in [0.717, 1.165) is 4.90 Å². The van der Waals surface area contributed by atoms with Gasteiger partial charge in [-0.15, -0.1) is 0 Å². The molecule has 1 saturated heterocycles. The molecular formula is C21H15Cl3N2O4. The number of anilines is 1. The number of rotatable bonds is 5. The van der Waals surface area contributed by atoms with Crippen LogP contribution in [0.25, 0.3) is 6.08 Å². The summed E-state index contributed by atoms with van der Waals surface area (Å²) in [5, 5.41) is 2.88. The van der Waals surface area contributed by atoms with Crippen LogP contribution in [0.3, 0.4) is 0 Å². The molecule has 0 spiro atoms. The van der Waals surface area contributed by atoms with Gasteiger partial charge >= 0.3 is 6.03 Å². The van der Waals surface area contributed by atoms with Gasteiger partial charge in [-0.05, 0) is 48.4 Å². The molecule has 30 heavy (non-hydrogen) atoms. The molecule has 0 aromatic heterocycles. The molecule has 1 heterocycles. The van der Waals surface area contributed by atoms with Gasteiger partial charge in [0.25, 0.3) is 11.8 Å². The normalized spacial score (nSPS) is 15.4. The molecule has 1 fully saturated rings. The second kappa shape index (κ2) is 8.92. The Kier molecular flexibility index (Phi) is 6.51. The highest BCUT2D eigenvalue weighted by molar-refractivity contribution is 6.40. The van der Waals surface area contributed by atoms with Crippen LogP contribution in [0.4, 0.5) is 10.5 Å². The SMILES string of the molecule is C=CCOc1c(Cl)cc(/C=C2\C(=O)NC(=O)N(c3cc(Cl)ccc3C)C2=O)cc1Cl. The van der Waals surface area contributed by atoms with Crippen LogP contribution in [0.2, 0.25) is 15.1 Å². The molecule has 1 N–H and O–H groups in total. The highest BCUT2D eigenvalue weighted by Crippen LogP contribution is 2.35. The summed E-state index contributed by atoms with van der Waals surface area (Å²) in [4.78, 5) is 38.6. The fraction of sp³-hybridized carbons (Fsp3) is 0.0952. The van der Waals surface area contributed by atoms with Crippen LogP contribution in [-0.4, -0.2) is 24.5 Å². The first-order valence-electron chi connectivity index (χ1n) is 8.63. The third-order valence-corrected chi connectivity index (χ3v) is 4.99. The predicted molar refractivity (Wildman–Crippen MR) is 117 cm³/mol. The van der Waals surface area contributed by atoms with Crippen LogP contribution in [0.5, 0.6) is 5.75 Å². The van der Waals surface area contributed by atoms with Crippen LogP contribution in [0.15, 0.2) is 48.6 Å². The maximum absolute atomic E-state index is 13.0. The maximum Gasteiger partial charge on any atom is 0.335 e. The maximum atomic E-state index is 13.0. The summed E-state index contributed by atoms with van der Waals surface area (Å²) in [5.41, 5.74) is 1.02. The molecule has 6 nitrogen and oxygen atoms in total. The number of benzene rings is 2. The molecule has 4 amide bonds. The summed E-state index contributed by atoms with van der Waals surface area (Å²) in [7, 11) is 0. The molecule has 0 aliphatic carbocycles. The molecule has 3 rings (SSSR count). The average Bonchev–Trinajstić information content (AvgIpc) is 2.67. The summed E-state index contributed by atoms with van der Waals surface area (Å²) in [6.45, 7) is 5.47. The molecular weight excluding hydrogens is 451 g/mol. The van der Waals surface area contributed by atoms with Gasteiger partial charge in [0, 0.05) is 5.02 Å². The van der Waals surface area contributed by atoms with E-state index in [4.69, 9.17) is 39.5 Å². The molecule has 0 radical (unpaired) electrons. The molecule has 0 atom stereocenters. The predicted octanol–water partition coefficient (Wildman–Crippen LogP) is 5.19. The second-order valence-corrected chi connectivity index (χ2v) is 7.55. The van der Waals surface area contributed by atoms with Crippen molar-refractivity contribution >= 4 is 64.4 Å². The lowest BCUT2D eigenvalue weighted by Crippen LogP contribution is -2.54. The van der Waals surface area contributed by atoms with Crippen molar-refractivity contribution in [1.29, 1.82) is 0 Å². The number of aryl methyl sites for hydroxylation is 1. The molecule has 1 aliphatic rings. The largest absolute Gasteiger partial charge is 0.486 e. The van der Waals surface area contributed by atoms with Crippen molar-refractivity contribution in [2.45, 2.75) is 6.92 Å².